The molecule has 25 heavy (non-hydrogen) atoms. The van der Waals surface area contributed by atoms with Crippen molar-refractivity contribution in [3.8, 4) is 5.75 Å². The molecule has 0 heterocycles. The fourth-order valence-corrected chi connectivity index (χ4v) is 3.05. The Morgan fingerprint density at radius 2 is 1.72 bits per heavy atom. The van der Waals surface area contributed by atoms with Gasteiger partial charge in [-0.3, -0.25) is 4.72 Å². The predicted octanol–water partition coefficient (Wildman–Crippen LogP) is 2.57. The van der Waals surface area contributed by atoms with Crippen molar-refractivity contribution >= 4 is 40.5 Å². The Hall–Kier alpha value is -0.730. The summed E-state index contributed by atoms with van der Waals surface area (Å²) in [5.74, 6) is -0.0514. The summed E-state index contributed by atoms with van der Waals surface area (Å²) in [4.78, 5) is 0. The van der Waals surface area contributed by atoms with Crippen molar-refractivity contribution in [2.75, 3.05) is 30.6 Å². The number of unbranched alkanes of at least 4 members (excludes halogenated alkanes) is 3. The van der Waals surface area contributed by atoms with Gasteiger partial charge in [0, 0.05) is 0 Å². The fraction of sp³-hybridized carbons (Fsp3) is 0.625. The Bertz CT molecular complexity index is 599. The van der Waals surface area contributed by atoms with E-state index >= 15 is 0 Å². The average Bonchev–Trinajstić information content (AvgIpc) is 2.47. The summed E-state index contributed by atoms with van der Waals surface area (Å²) >= 11 is 0. The summed E-state index contributed by atoms with van der Waals surface area (Å²) in [6.07, 6.45) is 6.44. The van der Waals surface area contributed by atoms with Crippen LogP contribution in [-0.4, -0.2) is 39.4 Å². The standard InChI is InChI=1S/C16H29N3O3S.2ClH/c1-13-14(9-12-18-11-6-4-3-5-10-17)7-8-15(20)16(13)19-23(2,21)22;;/h7-8,18-20H,3-6,9-12,17H2,1-2H3;2*1H. The topological polar surface area (TPSA) is 104 Å². The lowest BCUT2D eigenvalue weighted by Crippen LogP contribution is -2.19. The van der Waals surface area contributed by atoms with Crippen molar-refractivity contribution in [3.05, 3.63) is 23.3 Å². The third kappa shape index (κ3) is 10.8. The van der Waals surface area contributed by atoms with Gasteiger partial charge in [-0.1, -0.05) is 18.9 Å². The summed E-state index contributed by atoms with van der Waals surface area (Å²) in [5.41, 5.74) is 7.51. The first-order valence-electron chi connectivity index (χ1n) is 8.05. The SMILES string of the molecule is Cc1c(CCNCCCCCCN)ccc(O)c1NS(C)(=O)=O.Cl.Cl. The van der Waals surface area contributed by atoms with Crippen molar-refractivity contribution < 1.29 is 13.5 Å². The van der Waals surface area contributed by atoms with Gasteiger partial charge in [0.25, 0.3) is 0 Å². The van der Waals surface area contributed by atoms with E-state index in [0.29, 0.717) is 0 Å². The largest absolute Gasteiger partial charge is 0.506 e. The van der Waals surface area contributed by atoms with Gasteiger partial charge in [-0.2, -0.15) is 0 Å². The quantitative estimate of drug-likeness (QED) is 0.328. The van der Waals surface area contributed by atoms with Crippen LogP contribution in [0.5, 0.6) is 5.75 Å². The molecule has 0 spiro atoms. The van der Waals surface area contributed by atoms with Crippen LogP contribution < -0.4 is 15.8 Å². The molecule has 0 aliphatic carbocycles. The zero-order chi connectivity index (χ0) is 17.3. The van der Waals surface area contributed by atoms with Crippen molar-refractivity contribution in [2.24, 2.45) is 5.73 Å². The summed E-state index contributed by atoms with van der Waals surface area (Å²) in [5, 5.41) is 13.2. The number of anilines is 1. The molecule has 148 valence electrons. The summed E-state index contributed by atoms with van der Waals surface area (Å²) in [6, 6.07) is 3.36. The molecule has 5 N–H and O–H groups in total. The van der Waals surface area contributed by atoms with Gasteiger partial charge in [0.15, 0.2) is 0 Å². The van der Waals surface area contributed by atoms with E-state index in [0.717, 1.165) is 56.3 Å². The molecule has 1 aromatic rings. The van der Waals surface area contributed by atoms with Crippen molar-refractivity contribution in [3.63, 3.8) is 0 Å². The van der Waals surface area contributed by atoms with Gasteiger partial charge >= 0.3 is 0 Å². The van der Waals surface area contributed by atoms with Crippen LogP contribution in [-0.2, 0) is 16.4 Å². The van der Waals surface area contributed by atoms with Gasteiger partial charge in [0.1, 0.15) is 5.75 Å². The van der Waals surface area contributed by atoms with Gasteiger partial charge in [-0.25, -0.2) is 8.42 Å². The molecule has 0 aliphatic rings. The number of phenolic OH excluding ortho intramolecular Hbond substituents is 1. The highest BCUT2D eigenvalue weighted by Crippen LogP contribution is 2.30. The molecule has 0 atom stereocenters. The maximum absolute atomic E-state index is 11.4. The van der Waals surface area contributed by atoms with Gasteiger partial charge in [0.05, 0.1) is 11.9 Å². The van der Waals surface area contributed by atoms with Crippen LogP contribution in [0.1, 0.15) is 36.8 Å². The third-order valence-corrected chi connectivity index (χ3v) is 4.30. The first kappa shape index (κ1) is 26.5. The molecule has 0 bridgehead atoms. The van der Waals surface area contributed by atoms with E-state index in [2.05, 4.69) is 10.0 Å². The van der Waals surface area contributed by atoms with Crippen LogP contribution in [0, 0.1) is 6.92 Å². The highest BCUT2D eigenvalue weighted by molar-refractivity contribution is 7.92. The zero-order valence-electron chi connectivity index (χ0n) is 14.9. The lowest BCUT2D eigenvalue weighted by molar-refractivity contribution is 0.477. The first-order valence-corrected chi connectivity index (χ1v) is 9.94. The molecule has 0 saturated carbocycles. The molecule has 0 unspecified atom stereocenters. The van der Waals surface area contributed by atoms with Gasteiger partial charge < -0.3 is 16.2 Å². The number of phenols is 1. The Labute approximate surface area is 163 Å². The Morgan fingerprint density at radius 3 is 2.32 bits per heavy atom. The van der Waals surface area contributed by atoms with E-state index in [9.17, 15) is 13.5 Å². The van der Waals surface area contributed by atoms with Crippen LogP contribution >= 0.6 is 24.8 Å². The summed E-state index contributed by atoms with van der Waals surface area (Å²) < 4.78 is 25.1. The van der Waals surface area contributed by atoms with Crippen molar-refractivity contribution in [2.45, 2.75) is 39.0 Å². The second kappa shape index (κ2) is 13.5. The number of benzene rings is 1. The van der Waals surface area contributed by atoms with Crippen LogP contribution in [0.25, 0.3) is 0 Å². The van der Waals surface area contributed by atoms with E-state index in [1.807, 2.05) is 13.0 Å². The minimum Gasteiger partial charge on any atom is -0.506 e. The maximum atomic E-state index is 11.4. The van der Waals surface area contributed by atoms with E-state index in [1.54, 1.807) is 0 Å². The van der Waals surface area contributed by atoms with Gasteiger partial charge in [0.2, 0.25) is 10.0 Å². The minimum atomic E-state index is -3.41. The second-order valence-corrected chi connectivity index (χ2v) is 7.57. The number of rotatable bonds is 11. The molecule has 0 amide bonds. The number of hydrogen-bond acceptors (Lipinski definition) is 5. The number of nitrogens with one attached hydrogen (secondary N) is 2. The van der Waals surface area contributed by atoms with Crippen LogP contribution in [0.4, 0.5) is 5.69 Å². The molecule has 0 radical (unpaired) electrons. The molecule has 0 aliphatic heterocycles. The molecule has 9 heteroatoms. The fourth-order valence-electron chi connectivity index (χ4n) is 2.42. The predicted molar refractivity (Wildman–Crippen MR) is 110 cm³/mol. The zero-order valence-corrected chi connectivity index (χ0v) is 17.3. The molecular weight excluding hydrogens is 385 g/mol. The lowest BCUT2D eigenvalue weighted by atomic mass is 10.0. The number of aromatic hydroxyl groups is 1. The Kier molecular flexibility index (Phi) is 14.3. The Balaban J connectivity index is 0. The molecular formula is C16H31Cl2N3O3S. The smallest absolute Gasteiger partial charge is 0.229 e. The van der Waals surface area contributed by atoms with E-state index in [1.165, 1.54) is 18.9 Å². The van der Waals surface area contributed by atoms with E-state index in [4.69, 9.17) is 5.73 Å². The first-order chi connectivity index (χ1) is 10.8. The van der Waals surface area contributed by atoms with Gasteiger partial charge in [-0.15, -0.1) is 24.8 Å². The molecule has 0 aromatic heterocycles. The number of halogens is 2. The van der Waals surface area contributed by atoms with Crippen molar-refractivity contribution in [1.29, 1.82) is 0 Å². The van der Waals surface area contributed by atoms with E-state index < -0.39 is 10.0 Å². The highest BCUT2D eigenvalue weighted by Gasteiger charge is 2.12. The molecule has 6 nitrogen and oxygen atoms in total. The normalized spacial score (nSPS) is 10.7. The summed E-state index contributed by atoms with van der Waals surface area (Å²) in [7, 11) is -3.41. The molecule has 1 rings (SSSR count). The van der Waals surface area contributed by atoms with Crippen LogP contribution in [0.15, 0.2) is 12.1 Å². The van der Waals surface area contributed by atoms with Gasteiger partial charge in [-0.05, 0) is 63.0 Å². The lowest BCUT2D eigenvalue weighted by Gasteiger charge is -2.14. The average molecular weight is 416 g/mol. The van der Waals surface area contributed by atoms with Crippen LogP contribution in [0.3, 0.4) is 0 Å². The van der Waals surface area contributed by atoms with Crippen LogP contribution in [0.2, 0.25) is 0 Å². The summed E-state index contributed by atoms with van der Waals surface area (Å²) in [6.45, 7) is 4.36. The second-order valence-electron chi connectivity index (χ2n) is 5.82. The molecule has 0 saturated heterocycles. The number of nitrogens with two attached hydrogens (primary N) is 1. The minimum absolute atomic E-state index is 0. The number of hydrogen-bond donors (Lipinski definition) is 4. The monoisotopic (exact) mass is 415 g/mol. The maximum Gasteiger partial charge on any atom is 0.229 e. The third-order valence-electron chi connectivity index (χ3n) is 3.72. The van der Waals surface area contributed by atoms with E-state index in [-0.39, 0.29) is 36.3 Å². The molecule has 0 fully saturated rings. The molecule has 1 aromatic carbocycles. The highest BCUT2D eigenvalue weighted by atomic mass is 35.5. The van der Waals surface area contributed by atoms with Crippen molar-refractivity contribution in [1.82, 2.24) is 5.32 Å². The Morgan fingerprint density at radius 1 is 1.08 bits per heavy atom. The number of sulfonamides is 1.